The van der Waals surface area contributed by atoms with Crippen LogP contribution in [-0.4, -0.2) is 76.6 Å². The molecule has 1 aromatic rings. The number of ether oxygens (including phenoxy) is 1. The van der Waals surface area contributed by atoms with E-state index in [4.69, 9.17) is 4.74 Å². The van der Waals surface area contributed by atoms with Crippen molar-refractivity contribution >= 4 is 15.9 Å². The number of sulfonamides is 1. The molecular formula is C18H27N3O4S. The number of likely N-dealkylation sites (N-methyl/N-ethyl adjacent to an activating group) is 1. The van der Waals surface area contributed by atoms with Crippen LogP contribution in [0.5, 0.6) is 0 Å². The molecule has 2 fully saturated rings. The Hall–Kier alpha value is -1.48. The van der Waals surface area contributed by atoms with Crippen LogP contribution in [0, 0.1) is 0 Å². The molecule has 0 aromatic heterocycles. The number of benzene rings is 1. The lowest BCUT2D eigenvalue weighted by Gasteiger charge is -2.20. The highest BCUT2D eigenvalue weighted by Crippen LogP contribution is 2.15. The number of nitrogens with zero attached hydrogens (tertiary/aromatic N) is 2. The van der Waals surface area contributed by atoms with E-state index in [9.17, 15) is 13.2 Å². The summed E-state index contributed by atoms with van der Waals surface area (Å²) in [6.45, 7) is 4.23. The van der Waals surface area contributed by atoms with Crippen molar-refractivity contribution in [3.05, 3.63) is 29.8 Å². The Labute approximate surface area is 155 Å². The van der Waals surface area contributed by atoms with Gasteiger partial charge in [0.2, 0.25) is 10.0 Å². The van der Waals surface area contributed by atoms with Crippen LogP contribution < -0.4 is 4.72 Å². The van der Waals surface area contributed by atoms with Crippen molar-refractivity contribution in [2.24, 2.45) is 0 Å². The fourth-order valence-electron chi connectivity index (χ4n) is 3.30. The minimum absolute atomic E-state index is 0.0448. The van der Waals surface area contributed by atoms with Crippen LogP contribution in [0.1, 0.15) is 29.6 Å². The van der Waals surface area contributed by atoms with Crippen LogP contribution >= 0.6 is 0 Å². The maximum Gasteiger partial charge on any atom is 0.253 e. The summed E-state index contributed by atoms with van der Waals surface area (Å²) in [5.41, 5.74) is 0.521. The Balaban J connectivity index is 1.62. The van der Waals surface area contributed by atoms with Crippen molar-refractivity contribution in [3.63, 3.8) is 0 Å². The predicted octanol–water partition coefficient (Wildman–Crippen LogP) is 0.922. The molecule has 2 heterocycles. The molecule has 8 heteroatoms. The van der Waals surface area contributed by atoms with Crippen LogP contribution in [0.2, 0.25) is 0 Å². The van der Waals surface area contributed by atoms with Crippen LogP contribution in [-0.2, 0) is 14.8 Å². The van der Waals surface area contributed by atoms with Crippen molar-refractivity contribution in [1.29, 1.82) is 0 Å². The summed E-state index contributed by atoms with van der Waals surface area (Å²) >= 11 is 0. The number of carbonyl (C=O) groups excluding carboxylic acids is 1. The summed E-state index contributed by atoms with van der Waals surface area (Å²) in [4.78, 5) is 16.9. The van der Waals surface area contributed by atoms with E-state index in [1.807, 2.05) is 4.90 Å². The monoisotopic (exact) mass is 381 g/mol. The molecule has 1 amide bonds. The lowest BCUT2D eigenvalue weighted by Crippen LogP contribution is -2.34. The molecule has 26 heavy (non-hydrogen) atoms. The van der Waals surface area contributed by atoms with E-state index in [2.05, 4.69) is 16.7 Å². The number of nitrogens with one attached hydrogen (secondary N) is 1. The standard InChI is InChI=1S/C18H27N3O4S/c1-20-9-3-10-21(12-11-20)18(22)15-5-7-17(8-6-15)26(23,24)19-14-16-4-2-13-25-16/h5-8,16,19H,2-4,9-14H2,1H3. The highest BCUT2D eigenvalue weighted by atomic mass is 32.2. The van der Waals surface area contributed by atoms with Crippen LogP contribution in [0.4, 0.5) is 0 Å². The first-order chi connectivity index (χ1) is 12.5. The van der Waals surface area contributed by atoms with E-state index in [1.54, 1.807) is 12.1 Å². The van der Waals surface area contributed by atoms with Crippen molar-refractivity contribution in [2.45, 2.75) is 30.3 Å². The summed E-state index contributed by atoms with van der Waals surface area (Å²) < 4.78 is 32.8. The molecule has 1 atom stereocenters. The quantitative estimate of drug-likeness (QED) is 0.821. The van der Waals surface area contributed by atoms with Gasteiger partial charge in [-0.05, 0) is 57.1 Å². The van der Waals surface area contributed by atoms with Gasteiger partial charge in [-0.25, -0.2) is 13.1 Å². The van der Waals surface area contributed by atoms with Gasteiger partial charge in [-0.1, -0.05) is 0 Å². The molecule has 0 aliphatic carbocycles. The normalized spacial score (nSPS) is 22.3. The van der Waals surface area contributed by atoms with Crippen LogP contribution in [0.3, 0.4) is 0 Å². The Morgan fingerprint density at radius 3 is 2.62 bits per heavy atom. The second-order valence-electron chi connectivity index (χ2n) is 6.96. The average Bonchev–Trinajstić information content (AvgIpc) is 3.07. The zero-order valence-electron chi connectivity index (χ0n) is 15.2. The zero-order chi connectivity index (χ0) is 18.6. The van der Waals surface area contributed by atoms with Gasteiger partial charge in [-0.15, -0.1) is 0 Å². The largest absolute Gasteiger partial charge is 0.377 e. The number of hydrogen-bond donors (Lipinski definition) is 1. The fraction of sp³-hybridized carbons (Fsp3) is 0.611. The zero-order valence-corrected chi connectivity index (χ0v) is 16.0. The molecule has 3 rings (SSSR count). The summed E-state index contributed by atoms with van der Waals surface area (Å²) in [5, 5.41) is 0. The number of carbonyl (C=O) groups is 1. The molecule has 1 unspecified atom stereocenters. The van der Waals surface area contributed by atoms with Gasteiger partial charge in [0.05, 0.1) is 11.0 Å². The van der Waals surface area contributed by atoms with E-state index < -0.39 is 10.0 Å². The van der Waals surface area contributed by atoms with E-state index in [1.165, 1.54) is 12.1 Å². The summed E-state index contributed by atoms with van der Waals surface area (Å²) in [5.74, 6) is -0.0448. The molecule has 2 saturated heterocycles. The van der Waals surface area contributed by atoms with Crippen LogP contribution in [0.15, 0.2) is 29.2 Å². The van der Waals surface area contributed by atoms with E-state index in [-0.39, 0.29) is 23.5 Å². The fourth-order valence-corrected chi connectivity index (χ4v) is 4.37. The lowest BCUT2D eigenvalue weighted by molar-refractivity contribution is 0.0762. The molecule has 0 spiro atoms. The Morgan fingerprint density at radius 1 is 1.15 bits per heavy atom. The number of hydrogen-bond acceptors (Lipinski definition) is 5. The minimum atomic E-state index is -3.59. The summed E-state index contributed by atoms with van der Waals surface area (Å²) in [6.07, 6.45) is 2.74. The Kier molecular flexibility index (Phi) is 6.29. The van der Waals surface area contributed by atoms with Gasteiger partial charge >= 0.3 is 0 Å². The topological polar surface area (TPSA) is 79.0 Å². The third-order valence-electron chi connectivity index (χ3n) is 4.94. The first-order valence-corrected chi connectivity index (χ1v) is 10.6. The van der Waals surface area contributed by atoms with Gasteiger partial charge in [-0.2, -0.15) is 0 Å². The molecule has 1 N–H and O–H groups in total. The third-order valence-corrected chi connectivity index (χ3v) is 6.38. The van der Waals surface area contributed by atoms with Gasteiger partial charge < -0.3 is 14.5 Å². The molecule has 2 aliphatic heterocycles. The molecule has 144 valence electrons. The summed E-state index contributed by atoms with van der Waals surface area (Å²) in [7, 11) is -1.54. The average molecular weight is 381 g/mol. The SMILES string of the molecule is CN1CCCN(C(=O)c2ccc(S(=O)(=O)NCC3CCCO3)cc2)CC1. The molecule has 1 aromatic carbocycles. The first kappa shape index (κ1) is 19.3. The maximum atomic E-state index is 12.6. The Bertz CT molecular complexity index is 714. The second-order valence-corrected chi connectivity index (χ2v) is 8.73. The van der Waals surface area contributed by atoms with Crippen molar-refractivity contribution in [3.8, 4) is 0 Å². The minimum Gasteiger partial charge on any atom is -0.377 e. The molecule has 7 nitrogen and oxygen atoms in total. The van der Waals surface area contributed by atoms with Crippen molar-refractivity contribution < 1.29 is 17.9 Å². The second kappa shape index (κ2) is 8.47. The molecule has 0 bridgehead atoms. The highest BCUT2D eigenvalue weighted by Gasteiger charge is 2.22. The van der Waals surface area contributed by atoms with Gasteiger partial charge in [0.1, 0.15) is 0 Å². The molecule has 2 aliphatic rings. The maximum absolute atomic E-state index is 12.6. The van der Waals surface area contributed by atoms with Gasteiger partial charge in [0, 0.05) is 38.3 Å². The highest BCUT2D eigenvalue weighted by molar-refractivity contribution is 7.89. The van der Waals surface area contributed by atoms with Gasteiger partial charge in [-0.3, -0.25) is 4.79 Å². The smallest absolute Gasteiger partial charge is 0.253 e. The number of amides is 1. The van der Waals surface area contributed by atoms with E-state index in [0.29, 0.717) is 18.7 Å². The van der Waals surface area contributed by atoms with E-state index in [0.717, 1.165) is 38.9 Å². The van der Waals surface area contributed by atoms with Crippen LogP contribution in [0.25, 0.3) is 0 Å². The molecule has 0 saturated carbocycles. The van der Waals surface area contributed by atoms with Crippen molar-refractivity contribution in [2.75, 3.05) is 46.4 Å². The summed E-state index contributed by atoms with van der Waals surface area (Å²) in [6, 6.07) is 6.18. The predicted molar refractivity (Wildman–Crippen MR) is 98.6 cm³/mol. The number of rotatable bonds is 5. The first-order valence-electron chi connectivity index (χ1n) is 9.15. The Morgan fingerprint density at radius 2 is 1.92 bits per heavy atom. The van der Waals surface area contributed by atoms with Gasteiger partial charge in [0.25, 0.3) is 5.91 Å². The van der Waals surface area contributed by atoms with Crippen molar-refractivity contribution in [1.82, 2.24) is 14.5 Å². The van der Waals surface area contributed by atoms with Gasteiger partial charge in [0.15, 0.2) is 0 Å². The van der Waals surface area contributed by atoms with E-state index >= 15 is 0 Å². The lowest BCUT2D eigenvalue weighted by atomic mass is 10.2. The third kappa shape index (κ3) is 4.82. The molecular weight excluding hydrogens is 354 g/mol. The molecule has 0 radical (unpaired) electrons.